The summed E-state index contributed by atoms with van der Waals surface area (Å²) in [6.07, 6.45) is -4.60. The smallest absolute Gasteiger partial charge is 0.286 e. The lowest BCUT2D eigenvalue weighted by Gasteiger charge is -2.04. The number of hydrogen-bond donors (Lipinski definition) is 1. The van der Waals surface area contributed by atoms with Gasteiger partial charge in [-0.1, -0.05) is 0 Å². The maximum atomic E-state index is 12.4. The summed E-state index contributed by atoms with van der Waals surface area (Å²) < 4.78 is 37.9. The Bertz CT molecular complexity index is 664. The van der Waals surface area contributed by atoms with Crippen LogP contribution in [0.15, 0.2) is 35.1 Å². The van der Waals surface area contributed by atoms with Crippen LogP contribution in [0.1, 0.15) is 11.3 Å². The van der Waals surface area contributed by atoms with E-state index in [1.54, 1.807) is 0 Å². The molecule has 1 N–H and O–H groups in total. The zero-order valence-electron chi connectivity index (χ0n) is 9.23. The SMILES string of the molecule is Cl.N#Cc1ccc(-n2[nH]c(C(F)(F)F)cc2=O)cc1. The van der Waals surface area contributed by atoms with Crippen molar-refractivity contribution in [3.05, 3.63) is 51.9 Å². The Morgan fingerprint density at radius 1 is 1.21 bits per heavy atom. The van der Waals surface area contributed by atoms with Crippen LogP contribution in [-0.4, -0.2) is 9.78 Å². The van der Waals surface area contributed by atoms with Crippen molar-refractivity contribution in [2.24, 2.45) is 0 Å². The largest absolute Gasteiger partial charge is 0.432 e. The Labute approximate surface area is 111 Å². The van der Waals surface area contributed by atoms with Gasteiger partial charge in [0, 0.05) is 6.07 Å². The molecule has 19 heavy (non-hydrogen) atoms. The molecule has 0 unspecified atom stereocenters. The second kappa shape index (κ2) is 5.20. The highest BCUT2D eigenvalue weighted by molar-refractivity contribution is 5.85. The number of aromatic amines is 1. The maximum absolute atomic E-state index is 12.4. The van der Waals surface area contributed by atoms with Gasteiger partial charge in [-0.05, 0) is 24.3 Å². The van der Waals surface area contributed by atoms with Gasteiger partial charge in [-0.2, -0.15) is 18.4 Å². The summed E-state index contributed by atoms with van der Waals surface area (Å²) in [6.45, 7) is 0. The summed E-state index contributed by atoms with van der Waals surface area (Å²) >= 11 is 0. The number of nitrogens with zero attached hydrogens (tertiary/aromatic N) is 2. The van der Waals surface area contributed by atoms with E-state index in [2.05, 4.69) is 0 Å². The average Bonchev–Trinajstić information content (AvgIpc) is 2.71. The van der Waals surface area contributed by atoms with Crippen molar-refractivity contribution in [3.63, 3.8) is 0 Å². The van der Waals surface area contributed by atoms with E-state index in [0.717, 1.165) is 4.68 Å². The second-order valence-corrected chi connectivity index (χ2v) is 3.50. The number of halogens is 4. The van der Waals surface area contributed by atoms with Crippen LogP contribution in [0.5, 0.6) is 0 Å². The van der Waals surface area contributed by atoms with E-state index in [0.29, 0.717) is 11.6 Å². The minimum absolute atomic E-state index is 0. The van der Waals surface area contributed by atoms with Crippen LogP contribution >= 0.6 is 12.4 Å². The quantitative estimate of drug-likeness (QED) is 0.876. The molecule has 1 aromatic heterocycles. The van der Waals surface area contributed by atoms with E-state index in [-0.39, 0.29) is 18.1 Å². The van der Waals surface area contributed by atoms with Crippen molar-refractivity contribution in [1.82, 2.24) is 9.78 Å². The molecule has 0 aliphatic carbocycles. The molecule has 0 aliphatic rings. The summed E-state index contributed by atoms with van der Waals surface area (Å²) in [6, 6.07) is 7.95. The molecule has 0 aliphatic heterocycles. The average molecular weight is 290 g/mol. The summed E-state index contributed by atoms with van der Waals surface area (Å²) in [5, 5.41) is 10.6. The lowest BCUT2D eigenvalue weighted by Crippen LogP contribution is -2.13. The van der Waals surface area contributed by atoms with Crippen LogP contribution in [0.25, 0.3) is 5.69 Å². The van der Waals surface area contributed by atoms with Gasteiger partial charge in [0.2, 0.25) is 0 Å². The number of rotatable bonds is 1. The summed E-state index contributed by atoms with van der Waals surface area (Å²) in [4.78, 5) is 11.4. The molecule has 1 heterocycles. The monoisotopic (exact) mass is 289 g/mol. The van der Waals surface area contributed by atoms with Crippen molar-refractivity contribution in [3.8, 4) is 11.8 Å². The van der Waals surface area contributed by atoms with Gasteiger partial charge >= 0.3 is 6.18 Å². The lowest BCUT2D eigenvalue weighted by molar-refractivity contribution is -0.141. The Balaban J connectivity index is 0.00000180. The molecular weight excluding hydrogens is 283 g/mol. The van der Waals surface area contributed by atoms with Gasteiger partial charge in [-0.15, -0.1) is 12.4 Å². The summed E-state index contributed by atoms with van der Waals surface area (Å²) in [5.41, 5.74) is -1.34. The van der Waals surface area contributed by atoms with Crippen LogP contribution in [0.4, 0.5) is 13.2 Å². The third-order valence-corrected chi connectivity index (χ3v) is 2.28. The number of hydrogen-bond acceptors (Lipinski definition) is 2. The summed E-state index contributed by atoms with van der Waals surface area (Å²) in [7, 11) is 0. The number of H-pyrrole nitrogens is 1. The zero-order chi connectivity index (χ0) is 13.3. The molecule has 0 spiro atoms. The predicted molar refractivity (Wildman–Crippen MR) is 63.4 cm³/mol. The molecule has 0 bridgehead atoms. The Hall–Kier alpha value is -2.20. The van der Waals surface area contributed by atoms with Crippen molar-refractivity contribution < 1.29 is 13.2 Å². The minimum atomic E-state index is -4.60. The lowest BCUT2D eigenvalue weighted by atomic mass is 10.2. The molecule has 0 saturated carbocycles. The minimum Gasteiger partial charge on any atom is -0.286 e. The Morgan fingerprint density at radius 3 is 2.21 bits per heavy atom. The van der Waals surface area contributed by atoms with Crippen molar-refractivity contribution in [2.75, 3.05) is 0 Å². The van der Waals surface area contributed by atoms with E-state index in [4.69, 9.17) is 5.26 Å². The van der Waals surface area contributed by atoms with Gasteiger partial charge in [-0.25, -0.2) is 4.68 Å². The Kier molecular flexibility index (Phi) is 4.07. The van der Waals surface area contributed by atoms with Gasteiger partial charge in [0.1, 0.15) is 5.69 Å². The first kappa shape index (κ1) is 14.9. The highest BCUT2D eigenvalue weighted by Crippen LogP contribution is 2.26. The summed E-state index contributed by atoms with van der Waals surface area (Å²) in [5.74, 6) is 0. The molecule has 0 fully saturated rings. The highest BCUT2D eigenvalue weighted by atomic mass is 35.5. The topological polar surface area (TPSA) is 61.6 Å². The first-order valence-electron chi connectivity index (χ1n) is 4.81. The Morgan fingerprint density at radius 2 is 1.79 bits per heavy atom. The van der Waals surface area contributed by atoms with Crippen LogP contribution in [-0.2, 0) is 6.18 Å². The molecule has 2 aromatic rings. The van der Waals surface area contributed by atoms with Gasteiger partial charge in [0.05, 0.1) is 17.3 Å². The molecule has 4 nitrogen and oxygen atoms in total. The number of nitrogens with one attached hydrogen (secondary N) is 1. The molecule has 0 atom stereocenters. The van der Waals surface area contributed by atoms with E-state index >= 15 is 0 Å². The van der Waals surface area contributed by atoms with Crippen LogP contribution < -0.4 is 5.56 Å². The fourth-order valence-electron chi connectivity index (χ4n) is 1.42. The molecule has 1 aromatic carbocycles. The van der Waals surface area contributed by atoms with Crippen molar-refractivity contribution in [2.45, 2.75) is 6.18 Å². The van der Waals surface area contributed by atoms with Crippen molar-refractivity contribution >= 4 is 12.4 Å². The third kappa shape index (κ3) is 2.98. The van der Waals surface area contributed by atoms with Crippen molar-refractivity contribution in [1.29, 1.82) is 5.26 Å². The molecule has 8 heteroatoms. The van der Waals surface area contributed by atoms with E-state index in [1.807, 2.05) is 11.2 Å². The first-order chi connectivity index (χ1) is 8.41. The van der Waals surface area contributed by atoms with E-state index in [1.165, 1.54) is 24.3 Å². The predicted octanol–water partition coefficient (Wildman–Crippen LogP) is 2.48. The fraction of sp³-hybridized carbons (Fsp3) is 0.0909. The molecular formula is C11H7ClF3N3O. The first-order valence-corrected chi connectivity index (χ1v) is 4.81. The van der Waals surface area contributed by atoms with Crippen LogP contribution in [0, 0.1) is 11.3 Å². The molecule has 0 radical (unpaired) electrons. The molecule has 0 amide bonds. The number of benzene rings is 1. The van der Waals surface area contributed by atoms with E-state index in [9.17, 15) is 18.0 Å². The second-order valence-electron chi connectivity index (χ2n) is 3.50. The van der Waals surface area contributed by atoms with Gasteiger partial charge in [0.15, 0.2) is 0 Å². The molecule has 0 saturated heterocycles. The van der Waals surface area contributed by atoms with Gasteiger partial charge in [0.25, 0.3) is 5.56 Å². The normalized spacial score (nSPS) is 10.6. The van der Waals surface area contributed by atoms with Crippen LogP contribution in [0.2, 0.25) is 0 Å². The standard InChI is InChI=1S/C11H6F3N3O.ClH/c12-11(13,14)9-5-10(18)17(16-9)8-3-1-7(6-15)2-4-8;/h1-5,16H;1H. The number of alkyl halides is 3. The number of nitriles is 1. The zero-order valence-corrected chi connectivity index (χ0v) is 10.0. The van der Waals surface area contributed by atoms with Gasteiger partial charge in [-0.3, -0.25) is 9.89 Å². The van der Waals surface area contributed by atoms with E-state index < -0.39 is 17.4 Å². The van der Waals surface area contributed by atoms with Crippen LogP contribution in [0.3, 0.4) is 0 Å². The highest BCUT2D eigenvalue weighted by Gasteiger charge is 2.33. The maximum Gasteiger partial charge on any atom is 0.432 e. The third-order valence-electron chi connectivity index (χ3n) is 2.28. The number of aromatic nitrogens is 2. The van der Waals surface area contributed by atoms with Gasteiger partial charge < -0.3 is 0 Å². The fourth-order valence-corrected chi connectivity index (χ4v) is 1.42. The molecule has 100 valence electrons. The molecule has 2 rings (SSSR count).